The second kappa shape index (κ2) is 13.0. The molecule has 2 aromatic heterocycles. The number of nitrogens with zero attached hydrogens (tertiary/aromatic N) is 4. The molecule has 0 fully saturated rings. The van der Waals surface area contributed by atoms with Crippen molar-refractivity contribution in [3.8, 4) is 5.00 Å². The molecule has 0 bridgehead atoms. The molecule has 1 aliphatic heterocycles. The number of carbonyl (C=O) groups is 2. The van der Waals surface area contributed by atoms with Gasteiger partial charge < -0.3 is 15.4 Å². The van der Waals surface area contributed by atoms with E-state index >= 15 is 0 Å². The summed E-state index contributed by atoms with van der Waals surface area (Å²) in [6, 6.07) is 7.04. The SMILES string of the molecule is Cc1sc2c(c1C)C(c1ccc(Cl)cc1)=N[C@@H](CC(=O)NCCNC(=O)OC1CC/C=C\CCC1)c1nnc(C)n1-2. The summed E-state index contributed by atoms with van der Waals surface area (Å²) in [6.07, 6.45) is 8.52. The number of aliphatic imine (C=N–C) groups is 1. The Hall–Kier alpha value is -3.50. The van der Waals surface area contributed by atoms with E-state index in [1.54, 1.807) is 11.3 Å². The van der Waals surface area contributed by atoms with Crippen molar-refractivity contribution in [1.29, 1.82) is 0 Å². The summed E-state index contributed by atoms with van der Waals surface area (Å²) >= 11 is 7.85. The number of hydrogen-bond acceptors (Lipinski definition) is 7. The number of hydrogen-bond donors (Lipinski definition) is 2. The highest BCUT2D eigenvalue weighted by Crippen LogP contribution is 2.39. The lowest BCUT2D eigenvalue weighted by molar-refractivity contribution is -0.121. The minimum Gasteiger partial charge on any atom is -0.446 e. The molecule has 41 heavy (non-hydrogen) atoms. The third-order valence-corrected chi connectivity index (χ3v) is 8.89. The third-order valence-electron chi connectivity index (χ3n) is 7.44. The first-order valence-corrected chi connectivity index (χ1v) is 15.2. The van der Waals surface area contributed by atoms with Gasteiger partial charge in [-0.2, -0.15) is 0 Å². The van der Waals surface area contributed by atoms with Gasteiger partial charge in [-0.1, -0.05) is 35.9 Å². The highest BCUT2D eigenvalue weighted by atomic mass is 35.5. The maximum atomic E-state index is 13.1. The summed E-state index contributed by atoms with van der Waals surface area (Å²) in [5.41, 5.74) is 3.87. The van der Waals surface area contributed by atoms with Crippen molar-refractivity contribution in [2.45, 2.75) is 71.4 Å². The van der Waals surface area contributed by atoms with Gasteiger partial charge in [-0.25, -0.2) is 4.79 Å². The molecule has 11 heteroatoms. The molecule has 0 saturated carbocycles. The normalized spacial score (nSPS) is 19.1. The molecule has 2 amide bonds. The molecule has 3 heterocycles. The number of halogens is 1. The minimum absolute atomic E-state index is 0.0750. The number of fused-ring (bicyclic) bond motifs is 3. The molecule has 216 valence electrons. The van der Waals surface area contributed by atoms with Gasteiger partial charge >= 0.3 is 6.09 Å². The molecular weight excluding hydrogens is 560 g/mol. The second-order valence-corrected chi connectivity index (χ2v) is 12.0. The maximum Gasteiger partial charge on any atom is 0.407 e. The Labute approximate surface area is 249 Å². The summed E-state index contributed by atoms with van der Waals surface area (Å²) < 4.78 is 7.59. The Kier molecular flexibility index (Phi) is 9.19. The number of aromatic nitrogens is 3. The quantitative estimate of drug-likeness (QED) is 0.260. The lowest BCUT2D eigenvalue weighted by atomic mass is 9.99. The number of rotatable bonds is 7. The first kappa shape index (κ1) is 29.0. The van der Waals surface area contributed by atoms with Crippen molar-refractivity contribution in [3.05, 3.63) is 74.7 Å². The molecule has 3 aromatic rings. The average Bonchev–Trinajstić information content (AvgIpc) is 3.40. The molecule has 0 spiro atoms. The number of benzene rings is 1. The van der Waals surface area contributed by atoms with Gasteiger partial charge in [0, 0.05) is 34.1 Å². The molecule has 2 atom stereocenters. The van der Waals surface area contributed by atoms with E-state index in [1.807, 2.05) is 35.8 Å². The number of amides is 2. The summed E-state index contributed by atoms with van der Waals surface area (Å²) in [5, 5.41) is 16.1. The highest BCUT2D eigenvalue weighted by Gasteiger charge is 2.32. The van der Waals surface area contributed by atoms with Crippen molar-refractivity contribution in [2.75, 3.05) is 13.1 Å². The molecule has 5 rings (SSSR count). The van der Waals surface area contributed by atoms with Crippen LogP contribution in [0.4, 0.5) is 4.79 Å². The van der Waals surface area contributed by atoms with Gasteiger partial charge in [-0.15, -0.1) is 21.5 Å². The van der Waals surface area contributed by atoms with E-state index in [1.165, 1.54) is 4.88 Å². The van der Waals surface area contributed by atoms with Crippen LogP contribution in [0.1, 0.15) is 77.8 Å². The van der Waals surface area contributed by atoms with Gasteiger partial charge in [-0.05, 0) is 70.6 Å². The number of aryl methyl sites for hydroxylation is 2. The summed E-state index contributed by atoms with van der Waals surface area (Å²) in [5.74, 6) is 1.17. The fourth-order valence-electron chi connectivity index (χ4n) is 5.18. The van der Waals surface area contributed by atoms with E-state index in [-0.39, 0.29) is 31.5 Å². The van der Waals surface area contributed by atoms with Crippen molar-refractivity contribution in [3.63, 3.8) is 0 Å². The van der Waals surface area contributed by atoms with E-state index in [0.29, 0.717) is 10.8 Å². The summed E-state index contributed by atoms with van der Waals surface area (Å²) in [6.45, 7) is 6.64. The molecule has 1 aliphatic carbocycles. The predicted molar refractivity (Wildman–Crippen MR) is 161 cm³/mol. The van der Waals surface area contributed by atoms with E-state index in [2.05, 4.69) is 46.8 Å². The first-order valence-electron chi connectivity index (χ1n) is 14.0. The zero-order valence-corrected chi connectivity index (χ0v) is 25.1. The molecule has 2 aliphatic rings. The van der Waals surface area contributed by atoms with E-state index in [4.69, 9.17) is 21.3 Å². The van der Waals surface area contributed by atoms with Crippen LogP contribution in [0.15, 0.2) is 41.4 Å². The number of allylic oxidation sites excluding steroid dienone is 2. The fraction of sp³-hybridized carbons (Fsp3) is 0.433. The molecule has 9 nitrogen and oxygen atoms in total. The van der Waals surface area contributed by atoms with Crippen molar-refractivity contribution in [2.24, 2.45) is 4.99 Å². The number of carbonyl (C=O) groups excluding carboxylic acids is 2. The summed E-state index contributed by atoms with van der Waals surface area (Å²) in [4.78, 5) is 31.7. The van der Waals surface area contributed by atoms with E-state index in [9.17, 15) is 9.59 Å². The van der Waals surface area contributed by atoms with E-state index in [0.717, 1.165) is 65.3 Å². The topological polar surface area (TPSA) is 110 Å². The lowest BCUT2D eigenvalue weighted by Crippen LogP contribution is -2.36. The van der Waals surface area contributed by atoms with Crippen molar-refractivity contribution in [1.82, 2.24) is 25.4 Å². The third kappa shape index (κ3) is 6.70. The maximum absolute atomic E-state index is 13.1. The van der Waals surface area contributed by atoms with E-state index < -0.39 is 12.1 Å². The van der Waals surface area contributed by atoms with Gasteiger partial charge in [0.05, 0.1) is 12.1 Å². The smallest absolute Gasteiger partial charge is 0.407 e. The van der Waals surface area contributed by atoms with Gasteiger partial charge in [-0.3, -0.25) is 14.4 Å². The lowest BCUT2D eigenvalue weighted by Gasteiger charge is -2.18. The predicted octanol–water partition coefficient (Wildman–Crippen LogP) is 5.92. The van der Waals surface area contributed by atoms with Crippen LogP contribution in [0.2, 0.25) is 5.02 Å². The van der Waals surface area contributed by atoms with Crippen LogP contribution < -0.4 is 10.6 Å². The largest absolute Gasteiger partial charge is 0.446 e. The number of alkyl carbamates (subject to hydrolysis) is 1. The van der Waals surface area contributed by atoms with Gasteiger partial charge in [0.25, 0.3) is 0 Å². The zero-order valence-electron chi connectivity index (χ0n) is 23.6. The monoisotopic (exact) mass is 594 g/mol. The first-order chi connectivity index (χ1) is 19.8. The van der Waals surface area contributed by atoms with Crippen molar-refractivity contribution >= 4 is 40.6 Å². The Bertz CT molecular complexity index is 1480. The molecule has 0 saturated heterocycles. The van der Waals surface area contributed by atoms with Gasteiger partial charge in [0.1, 0.15) is 23.0 Å². The number of thiophene rings is 1. The number of ether oxygens (including phenoxy) is 1. The van der Waals surface area contributed by atoms with Crippen molar-refractivity contribution < 1.29 is 14.3 Å². The van der Waals surface area contributed by atoms with Gasteiger partial charge in [0.2, 0.25) is 5.91 Å². The Morgan fingerprint density at radius 3 is 2.61 bits per heavy atom. The summed E-state index contributed by atoms with van der Waals surface area (Å²) in [7, 11) is 0. The Balaban J connectivity index is 1.27. The molecular formula is C30H35ClN6O3S. The number of nitrogens with one attached hydrogen (secondary N) is 2. The van der Waals surface area contributed by atoms with Crippen LogP contribution >= 0.6 is 22.9 Å². The standard InChI is InChI=1S/C30H35ClN6O3S/c1-18-19(2)41-29-26(18)27(21-11-13-22(31)14-12-21)34-24(28-36-35-20(3)37(28)29)17-25(38)32-15-16-33-30(39)40-23-9-7-5-4-6-8-10-23/h4-5,11-14,23-24H,6-10,15-17H2,1-3H3,(H,32,38)(H,33,39)/b5-4-/t23?,24-/m0/s1. The molecule has 1 aromatic carbocycles. The van der Waals surface area contributed by atoms with Crippen LogP contribution in [0.3, 0.4) is 0 Å². The molecule has 0 radical (unpaired) electrons. The molecule has 2 N–H and O–H groups in total. The second-order valence-electron chi connectivity index (χ2n) is 10.4. The van der Waals surface area contributed by atoms with Crippen LogP contribution in [0.25, 0.3) is 5.00 Å². The van der Waals surface area contributed by atoms with Crippen LogP contribution in [-0.2, 0) is 9.53 Å². The van der Waals surface area contributed by atoms with Crippen LogP contribution in [0, 0.1) is 20.8 Å². The van der Waals surface area contributed by atoms with Crippen LogP contribution in [0.5, 0.6) is 0 Å². The Morgan fingerprint density at radius 2 is 1.80 bits per heavy atom. The minimum atomic E-state index is -0.549. The average molecular weight is 595 g/mol. The zero-order chi connectivity index (χ0) is 28.9. The Morgan fingerprint density at radius 1 is 1.05 bits per heavy atom. The fourth-order valence-corrected chi connectivity index (χ4v) is 6.52. The van der Waals surface area contributed by atoms with Gasteiger partial charge in [0.15, 0.2) is 5.82 Å². The van der Waals surface area contributed by atoms with Crippen LogP contribution in [-0.4, -0.2) is 51.7 Å². The highest BCUT2D eigenvalue weighted by molar-refractivity contribution is 7.15. The molecule has 1 unspecified atom stereocenters.